The van der Waals surface area contributed by atoms with E-state index in [2.05, 4.69) is 16.9 Å². The second-order valence-electron chi connectivity index (χ2n) is 5.22. The molecule has 2 rings (SSSR count). The molecule has 1 aliphatic rings. The van der Waals surface area contributed by atoms with Crippen LogP contribution in [0.15, 0.2) is 30.3 Å². The van der Waals surface area contributed by atoms with E-state index in [0.717, 1.165) is 19.1 Å². The lowest BCUT2D eigenvalue weighted by Gasteiger charge is -2.16. The molecule has 20 heavy (non-hydrogen) atoms. The Kier molecular flexibility index (Phi) is 4.77. The number of amides is 1. The zero-order valence-corrected chi connectivity index (χ0v) is 12.4. The molecule has 0 aromatic heterocycles. The van der Waals surface area contributed by atoms with E-state index in [9.17, 15) is 13.2 Å². The normalized spacial score (nSPS) is 19.6. The van der Waals surface area contributed by atoms with Crippen LogP contribution in [0.1, 0.15) is 18.4 Å². The van der Waals surface area contributed by atoms with Gasteiger partial charge in [0.15, 0.2) is 0 Å². The minimum atomic E-state index is -3.25. The first-order valence-corrected chi connectivity index (χ1v) is 8.62. The van der Waals surface area contributed by atoms with Gasteiger partial charge in [0.1, 0.15) is 0 Å². The lowest BCUT2D eigenvalue weighted by Crippen LogP contribution is -2.36. The van der Waals surface area contributed by atoms with Gasteiger partial charge in [-0.25, -0.2) is 13.1 Å². The van der Waals surface area contributed by atoms with Crippen molar-refractivity contribution in [2.24, 2.45) is 0 Å². The van der Waals surface area contributed by atoms with Gasteiger partial charge in [-0.15, -0.1) is 0 Å². The van der Waals surface area contributed by atoms with E-state index >= 15 is 0 Å². The summed E-state index contributed by atoms with van der Waals surface area (Å²) in [6.07, 6.45) is 3.20. The van der Waals surface area contributed by atoms with Gasteiger partial charge in [-0.1, -0.05) is 30.3 Å². The summed E-state index contributed by atoms with van der Waals surface area (Å²) in [5.74, 6) is 0.0270. The van der Waals surface area contributed by atoms with Crippen molar-refractivity contribution in [2.75, 3.05) is 19.3 Å². The lowest BCUT2D eigenvalue weighted by molar-refractivity contribution is -0.127. The summed E-state index contributed by atoms with van der Waals surface area (Å²) < 4.78 is 24.8. The monoisotopic (exact) mass is 296 g/mol. The molecule has 6 heteroatoms. The van der Waals surface area contributed by atoms with Gasteiger partial charge in [-0.05, 0) is 18.4 Å². The number of likely N-dealkylation sites (tertiary alicyclic amines) is 1. The number of benzene rings is 1. The Morgan fingerprint density at radius 1 is 1.30 bits per heavy atom. The molecule has 110 valence electrons. The molecule has 0 radical (unpaired) electrons. The Bertz CT molecular complexity index is 557. The number of carbonyl (C=O) groups is 1. The molecule has 1 amide bonds. The van der Waals surface area contributed by atoms with Gasteiger partial charge in [-0.2, -0.15) is 0 Å². The number of hydrogen-bond acceptors (Lipinski definition) is 3. The van der Waals surface area contributed by atoms with Gasteiger partial charge in [-0.3, -0.25) is 4.79 Å². The molecule has 1 N–H and O–H groups in total. The summed E-state index contributed by atoms with van der Waals surface area (Å²) in [6.45, 7) is 1.15. The topological polar surface area (TPSA) is 66.5 Å². The second kappa shape index (κ2) is 6.37. The highest BCUT2D eigenvalue weighted by atomic mass is 32.2. The van der Waals surface area contributed by atoms with Gasteiger partial charge in [0.25, 0.3) is 0 Å². The van der Waals surface area contributed by atoms with Crippen LogP contribution in [0.5, 0.6) is 0 Å². The van der Waals surface area contributed by atoms with Crippen LogP contribution >= 0.6 is 0 Å². The van der Waals surface area contributed by atoms with Crippen LogP contribution in [0.2, 0.25) is 0 Å². The van der Waals surface area contributed by atoms with E-state index in [1.807, 2.05) is 18.2 Å². The first-order valence-electron chi connectivity index (χ1n) is 6.73. The summed E-state index contributed by atoms with van der Waals surface area (Å²) in [7, 11) is -3.25. The smallest absolute Gasteiger partial charge is 0.224 e. The molecule has 0 spiro atoms. The molecule has 1 aromatic carbocycles. The predicted octanol–water partition coefficient (Wildman–Crippen LogP) is 0.769. The Labute approximate surface area is 120 Å². The fourth-order valence-electron chi connectivity index (χ4n) is 2.49. The summed E-state index contributed by atoms with van der Waals surface area (Å²) in [6, 6.07) is 9.84. The van der Waals surface area contributed by atoms with Gasteiger partial charge in [0, 0.05) is 25.6 Å². The Balaban J connectivity index is 1.78. The van der Waals surface area contributed by atoms with Gasteiger partial charge >= 0.3 is 0 Å². The van der Waals surface area contributed by atoms with E-state index in [-0.39, 0.29) is 18.4 Å². The maximum absolute atomic E-state index is 11.8. The van der Waals surface area contributed by atoms with E-state index < -0.39 is 10.0 Å². The van der Waals surface area contributed by atoms with Crippen LogP contribution in [-0.2, 0) is 21.2 Å². The lowest BCUT2D eigenvalue weighted by atomic mass is 10.1. The van der Waals surface area contributed by atoms with Crippen molar-refractivity contribution in [3.8, 4) is 0 Å². The fourth-order valence-corrected chi connectivity index (χ4v) is 3.25. The number of aryl methyl sites for hydroxylation is 1. The largest absolute Gasteiger partial charge is 0.341 e. The summed E-state index contributed by atoms with van der Waals surface area (Å²) in [5, 5.41) is 0. The van der Waals surface area contributed by atoms with Crippen LogP contribution in [0.3, 0.4) is 0 Å². The quantitative estimate of drug-likeness (QED) is 0.843. The molecule has 1 aromatic rings. The Morgan fingerprint density at radius 2 is 2.00 bits per heavy atom. The minimum absolute atomic E-state index is 0.0270. The predicted molar refractivity (Wildman–Crippen MR) is 77.7 cm³/mol. The highest BCUT2D eigenvalue weighted by Crippen LogP contribution is 2.13. The molecule has 1 saturated heterocycles. The van der Waals surface area contributed by atoms with Crippen molar-refractivity contribution >= 4 is 15.9 Å². The average Bonchev–Trinajstić information content (AvgIpc) is 2.68. The summed E-state index contributed by atoms with van der Waals surface area (Å²) in [5.41, 5.74) is 1.25. The fraction of sp³-hybridized carbons (Fsp3) is 0.500. The van der Waals surface area contributed by atoms with Gasteiger partial charge in [0.2, 0.25) is 15.9 Å². The van der Waals surface area contributed by atoms with E-state index in [1.54, 1.807) is 4.90 Å². The molecule has 1 heterocycles. The molecule has 1 fully saturated rings. The molecule has 1 aliphatic heterocycles. The van der Waals surface area contributed by atoms with Crippen molar-refractivity contribution < 1.29 is 13.2 Å². The molecule has 0 unspecified atom stereocenters. The van der Waals surface area contributed by atoms with Crippen LogP contribution < -0.4 is 4.72 Å². The summed E-state index contributed by atoms with van der Waals surface area (Å²) >= 11 is 0. The highest BCUT2D eigenvalue weighted by molar-refractivity contribution is 7.88. The number of nitrogens with zero attached hydrogens (tertiary/aromatic N) is 1. The highest BCUT2D eigenvalue weighted by Gasteiger charge is 2.30. The van der Waals surface area contributed by atoms with Crippen molar-refractivity contribution in [3.63, 3.8) is 0 Å². The number of carbonyl (C=O) groups excluding carboxylic acids is 1. The van der Waals surface area contributed by atoms with E-state index in [0.29, 0.717) is 13.1 Å². The molecule has 1 atom stereocenters. The number of hydrogen-bond donors (Lipinski definition) is 1. The van der Waals surface area contributed by atoms with Crippen LogP contribution in [-0.4, -0.2) is 44.6 Å². The minimum Gasteiger partial charge on any atom is -0.341 e. The van der Waals surface area contributed by atoms with Gasteiger partial charge < -0.3 is 4.90 Å². The Morgan fingerprint density at radius 3 is 2.65 bits per heavy atom. The van der Waals surface area contributed by atoms with Crippen LogP contribution in [0, 0.1) is 0 Å². The van der Waals surface area contributed by atoms with Gasteiger partial charge in [0.05, 0.1) is 6.26 Å². The molecule has 0 aliphatic carbocycles. The molecule has 5 nitrogen and oxygen atoms in total. The first kappa shape index (κ1) is 15.0. The van der Waals surface area contributed by atoms with Crippen molar-refractivity contribution in [2.45, 2.75) is 25.3 Å². The zero-order valence-electron chi connectivity index (χ0n) is 11.6. The maximum atomic E-state index is 11.8. The van der Waals surface area contributed by atoms with Crippen LogP contribution in [0.4, 0.5) is 0 Å². The number of rotatable bonds is 6. The standard InChI is InChI=1S/C14H20N2O3S/c1-20(18,19)15-13-10-14(17)16(11-13)9-5-8-12-6-3-2-4-7-12/h2-4,6-7,13,15H,5,8-11H2,1H3/t13-/m0/s1. The number of sulfonamides is 1. The molecular weight excluding hydrogens is 276 g/mol. The van der Waals surface area contributed by atoms with E-state index in [4.69, 9.17) is 0 Å². The Hall–Kier alpha value is -1.40. The summed E-state index contributed by atoms with van der Waals surface area (Å²) in [4.78, 5) is 13.5. The number of nitrogens with one attached hydrogen (secondary N) is 1. The average molecular weight is 296 g/mol. The third-order valence-electron chi connectivity index (χ3n) is 3.33. The van der Waals surface area contributed by atoms with Crippen molar-refractivity contribution in [3.05, 3.63) is 35.9 Å². The SMILES string of the molecule is CS(=O)(=O)N[C@H]1CC(=O)N(CCCc2ccccc2)C1. The van der Waals surface area contributed by atoms with Crippen molar-refractivity contribution in [1.29, 1.82) is 0 Å². The second-order valence-corrected chi connectivity index (χ2v) is 7.00. The molecule has 0 bridgehead atoms. The van der Waals surface area contributed by atoms with Crippen molar-refractivity contribution in [1.82, 2.24) is 9.62 Å². The first-order chi connectivity index (χ1) is 9.44. The van der Waals surface area contributed by atoms with Crippen LogP contribution in [0.25, 0.3) is 0 Å². The van der Waals surface area contributed by atoms with E-state index in [1.165, 1.54) is 5.56 Å². The molecular formula is C14H20N2O3S. The third kappa shape index (κ3) is 4.61. The zero-order chi connectivity index (χ0) is 14.6. The molecule has 0 saturated carbocycles. The maximum Gasteiger partial charge on any atom is 0.224 e. The third-order valence-corrected chi connectivity index (χ3v) is 4.09.